The van der Waals surface area contributed by atoms with E-state index in [1.807, 2.05) is 0 Å². The van der Waals surface area contributed by atoms with Crippen LogP contribution in [0.4, 0.5) is 0 Å². The zero-order chi connectivity index (χ0) is 37.0. The first-order valence-corrected chi connectivity index (χ1v) is 20.6. The van der Waals surface area contributed by atoms with E-state index in [0.717, 1.165) is 51.4 Å². The van der Waals surface area contributed by atoms with Crippen molar-refractivity contribution in [3.8, 4) is 0 Å². The number of carboxylic acid groups (broad SMARTS) is 1. The Kier molecular flexibility index (Phi) is 14.7. The Morgan fingerprint density at radius 2 is 1.23 bits per heavy atom. The van der Waals surface area contributed by atoms with Crippen molar-refractivity contribution in [1.29, 1.82) is 0 Å². The molecule has 2 heterocycles. The second-order valence-corrected chi connectivity index (χ2v) is 15.8. The van der Waals surface area contributed by atoms with Gasteiger partial charge >= 0.3 is 5.97 Å². The summed E-state index contributed by atoms with van der Waals surface area (Å²) in [6, 6.07) is 4.26. The third-order valence-corrected chi connectivity index (χ3v) is 12.0. The van der Waals surface area contributed by atoms with Gasteiger partial charge in [0.05, 0.1) is 11.6 Å². The molecule has 2 aliphatic rings. The van der Waals surface area contributed by atoms with Gasteiger partial charge in [0.25, 0.3) is 17.0 Å². The molecule has 0 spiro atoms. The Hall–Kier alpha value is -3.75. The quantitative estimate of drug-likeness (QED) is 0.0551. The van der Waals surface area contributed by atoms with E-state index < -0.39 is 23.0 Å². The number of nitrogens with two attached hydrogens (primary N) is 1. The molecule has 9 heteroatoms. The number of H-pyrrole nitrogens is 1. The molecule has 2 saturated carbocycles. The fourth-order valence-corrected chi connectivity index (χ4v) is 8.90. The predicted octanol–water partition coefficient (Wildman–Crippen LogP) is 9.23. The molecule has 2 aliphatic carbocycles. The minimum Gasteiger partial charge on any atom is -0.478 e. The van der Waals surface area contributed by atoms with Crippen LogP contribution in [0.15, 0.2) is 32.8 Å². The summed E-state index contributed by atoms with van der Waals surface area (Å²) in [5.41, 5.74) is 5.38. The SMILES string of the molecule is CCCCCCCCC1CCC(N=C(N)c2c(C(=O)O)cc(C(=O)NC3CCC(CCCCCCCC)CC3)c3c4ccc(c(=O)[nH]c4=O)c23)CC1. The number of hydrogen-bond acceptors (Lipinski definition) is 5. The van der Waals surface area contributed by atoms with Gasteiger partial charge in [0.1, 0.15) is 5.84 Å². The Bertz CT molecular complexity index is 1780. The zero-order valence-electron chi connectivity index (χ0n) is 31.7. The van der Waals surface area contributed by atoms with Gasteiger partial charge in [0.2, 0.25) is 0 Å². The number of unbranched alkanes of at least 4 members (excludes halogenated alkanes) is 10. The molecule has 9 nitrogen and oxygen atoms in total. The largest absolute Gasteiger partial charge is 0.478 e. The number of carbonyl (C=O) groups excluding carboxylic acids is 1. The molecular weight excluding hydrogens is 652 g/mol. The van der Waals surface area contributed by atoms with Crippen LogP contribution >= 0.6 is 0 Å². The first-order valence-electron chi connectivity index (χ1n) is 20.6. The van der Waals surface area contributed by atoms with E-state index in [0.29, 0.717) is 11.8 Å². The van der Waals surface area contributed by atoms with Crippen molar-refractivity contribution in [2.75, 3.05) is 0 Å². The van der Waals surface area contributed by atoms with Gasteiger partial charge in [-0.1, -0.05) is 104 Å². The summed E-state index contributed by atoms with van der Waals surface area (Å²) in [5, 5.41) is 14.4. The smallest absolute Gasteiger partial charge is 0.336 e. The van der Waals surface area contributed by atoms with Crippen LogP contribution in [0.1, 0.15) is 181 Å². The number of aromatic carboxylic acids is 1. The molecule has 6 rings (SSSR count). The molecule has 5 N–H and O–H groups in total. The second kappa shape index (κ2) is 19.4. The topological polar surface area (TPSA) is 155 Å². The molecule has 0 saturated heterocycles. The zero-order valence-corrected chi connectivity index (χ0v) is 31.7. The van der Waals surface area contributed by atoms with Gasteiger partial charge < -0.3 is 16.2 Å². The van der Waals surface area contributed by atoms with E-state index in [-0.39, 0.29) is 56.2 Å². The lowest BCUT2D eigenvalue weighted by molar-refractivity contribution is 0.0696. The van der Waals surface area contributed by atoms with Crippen LogP contribution in [0.3, 0.4) is 0 Å². The Balaban J connectivity index is 1.35. The van der Waals surface area contributed by atoms with Crippen molar-refractivity contribution in [2.45, 2.75) is 167 Å². The number of nitrogens with zero attached hydrogens (tertiary/aromatic N) is 1. The highest BCUT2D eigenvalue weighted by Gasteiger charge is 2.29. The lowest BCUT2D eigenvalue weighted by Crippen LogP contribution is -2.38. The maximum absolute atomic E-state index is 14.1. The standard InChI is InChI=1S/C43H62N4O5/c1-3-5-7-9-11-13-15-28-17-21-30(22-18-28)45-39(44)38-35(43(51)52)27-34(36-32-25-26-33(37(36)38)41(49)47-40(32)48)42(50)46-31-23-19-29(20-24-31)16-14-12-10-8-6-4-2/h25-31H,3-24H2,1-2H3,(H2,44,45)(H,46,50)(H,51,52)(H,47,48,49). The van der Waals surface area contributed by atoms with E-state index in [4.69, 9.17) is 10.7 Å². The van der Waals surface area contributed by atoms with Crippen LogP contribution in [0, 0.1) is 11.8 Å². The van der Waals surface area contributed by atoms with Crippen molar-refractivity contribution >= 4 is 39.3 Å². The number of aromatic nitrogens is 1. The summed E-state index contributed by atoms with van der Waals surface area (Å²) in [6.07, 6.45) is 25.5. The molecule has 2 aromatic heterocycles. The highest BCUT2D eigenvalue weighted by atomic mass is 16.4. The van der Waals surface area contributed by atoms with Crippen LogP contribution < -0.4 is 22.2 Å². The molecule has 0 aliphatic heterocycles. The first kappa shape index (κ1) is 39.5. The first-order chi connectivity index (χ1) is 25.2. The number of carboxylic acids is 1. The lowest BCUT2D eigenvalue weighted by atomic mass is 9.82. The number of amides is 1. The fourth-order valence-electron chi connectivity index (χ4n) is 8.90. The van der Waals surface area contributed by atoms with Gasteiger partial charge in [-0.15, -0.1) is 0 Å². The normalized spacial score (nSPS) is 21.2. The summed E-state index contributed by atoms with van der Waals surface area (Å²) in [4.78, 5) is 60.7. The van der Waals surface area contributed by atoms with Crippen molar-refractivity contribution < 1.29 is 14.7 Å². The predicted molar refractivity (Wildman–Crippen MR) is 212 cm³/mol. The van der Waals surface area contributed by atoms with Gasteiger partial charge in [0.15, 0.2) is 0 Å². The summed E-state index contributed by atoms with van der Waals surface area (Å²) < 4.78 is 0. The minimum atomic E-state index is -1.27. The number of carbonyl (C=O) groups is 2. The molecule has 0 unspecified atom stereocenters. The Labute approximate surface area is 309 Å². The number of hydrogen-bond donors (Lipinski definition) is 4. The van der Waals surface area contributed by atoms with Gasteiger partial charge in [-0.2, -0.15) is 0 Å². The minimum absolute atomic E-state index is 0.0259. The van der Waals surface area contributed by atoms with E-state index in [2.05, 4.69) is 24.1 Å². The molecule has 1 amide bonds. The highest BCUT2D eigenvalue weighted by molar-refractivity contribution is 6.27. The fraction of sp³-hybridized carbons (Fsp3) is 0.651. The monoisotopic (exact) mass is 714 g/mol. The van der Waals surface area contributed by atoms with E-state index in [1.54, 1.807) is 0 Å². The van der Waals surface area contributed by atoms with Crippen molar-refractivity contribution in [3.63, 3.8) is 0 Å². The van der Waals surface area contributed by atoms with Crippen molar-refractivity contribution in [1.82, 2.24) is 10.3 Å². The summed E-state index contributed by atoms with van der Waals surface area (Å²) in [6.45, 7) is 4.47. The van der Waals surface area contributed by atoms with E-state index in [1.165, 1.54) is 108 Å². The molecule has 0 atom stereocenters. The molecule has 284 valence electrons. The van der Waals surface area contributed by atoms with E-state index in [9.17, 15) is 24.3 Å². The average Bonchev–Trinajstić information content (AvgIpc) is 3.34. The number of aromatic amines is 1. The van der Waals surface area contributed by atoms with Crippen LogP contribution in [0.5, 0.6) is 0 Å². The van der Waals surface area contributed by atoms with Crippen LogP contribution in [-0.4, -0.2) is 39.9 Å². The molecule has 2 fully saturated rings. The van der Waals surface area contributed by atoms with Crippen LogP contribution in [0.2, 0.25) is 0 Å². The number of fused-ring (bicyclic) bond motifs is 3. The summed E-state index contributed by atoms with van der Waals surface area (Å²) in [7, 11) is 0. The molecular formula is C43H62N4O5. The Morgan fingerprint density at radius 3 is 1.77 bits per heavy atom. The maximum atomic E-state index is 14.1. The van der Waals surface area contributed by atoms with Gasteiger partial charge in [-0.05, 0) is 81.4 Å². The highest BCUT2D eigenvalue weighted by Crippen LogP contribution is 2.35. The number of benzene rings is 2. The number of aliphatic imine (C=N–C) groups is 1. The van der Waals surface area contributed by atoms with Crippen LogP contribution in [0.25, 0.3) is 21.5 Å². The van der Waals surface area contributed by atoms with Crippen LogP contribution in [-0.2, 0) is 0 Å². The molecule has 2 aromatic carbocycles. The average molecular weight is 715 g/mol. The molecule has 52 heavy (non-hydrogen) atoms. The van der Waals surface area contributed by atoms with Crippen molar-refractivity contribution in [3.05, 3.63) is 55.6 Å². The van der Waals surface area contributed by atoms with Gasteiger partial charge in [-0.25, -0.2) is 4.79 Å². The van der Waals surface area contributed by atoms with Gasteiger partial charge in [0, 0.05) is 38.7 Å². The van der Waals surface area contributed by atoms with Gasteiger partial charge in [-0.3, -0.25) is 24.4 Å². The molecule has 2 bridgehead atoms. The maximum Gasteiger partial charge on any atom is 0.336 e. The third kappa shape index (κ3) is 10.0. The second-order valence-electron chi connectivity index (χ2n) is 15.8. The lowest BCUT2D eigenvalue weighted by Gasteiger charge is -2.29. The molecule has 4 aromatic rings. The number of amidine groups is 1. The number of nitrogens with one attached hydrogen (secondary N) is 2. The number of rotatable bonds is 19. The summed E-state index contributed by atoms with van der Waals surface area (Å²) in [5.74, 6) is -0.366. The third-order valence-electron chi connectivity index (χ3n) is 12.0. The summed E-state index contributed by atoms with van der Waals surface area (Å²) >= 11 is 0. The Morgan fingerprint density at radius 1 is 0.731 bits per heavy atom. The van der Waals surface area contributed by atoms with E-state index >= 15 is 0 Å². The van der Waals surface area contributed by atoms with Crippen molar-refractivity contribution in [2.24, 2.45) is 22.6 Å². The molecule has 0 radical (unpaired) electrons.